The van der Waals surface area contributed by atoms with Crippen LogP contribution in [0.15, 0.2) is 49.1 Å². The lowest BCUT2D eigenvalue weighted by molar-refractivity contribution is 0.0240. The largest absolute Gasteiger partial charge is 0.444 e. The van der Waals surface area contributed by atoms with E-state index in [4.69, 9.17) is 9.72 Å². The van der Waals surface area contributed by atoms with Gasteiger partial charge in [-0.2, -0.15) is 0 Å². The highest BCUT2D eigenvalue weighted by molar-refractivity contribution is 5.72. The van der Waals surface area contributed by atoms with Crippen LogP contribution >= 0.6 is 0 Å². The first-order valence-corrected chi connectivity index (χ1v) is 13.9. The maximum atomic E-state index is 12.5. The molecular formula is C29H38N8O3. The Morgan fingerprint density at radius 2 is 1.75 bits per heavy atom. The smallest absolute Gasteiger partial charge is 0.410 e. The molecule has 4 heterocycles. The fourth-order valence-electron chi connectivity index (χ4n) is 4.97. The van der Waals surface area contributed by atoms with Crippen LogP contribution in [0.5, 0.6) is 0 Å². The van der Waals surface area contributed by atoms with Crippen LogP contribution in [0.1, 0.15) is 46.5 Å². The second-order valence-corrected chi connectivity index (χ2v) is 11.3. The van der Waals surface area contributed by atoms with Gasteiger partial charge in [0, 0.05) is 68.1 Å². The molecule has 40 heavy (non-hydrogen) atoms. The van der Waals surface area contributed by atoms with Gasteiger partial charge in [-0.1, -0.05) is 0 Å². The molecule has 11 heteroatoms. The van der Waals surface area contributed by atoms with Gasteiger partial charge in [0.1, 0.15) is 23.1 Å². The van der Waals surface area contributed by atoms with Gasteiger partial charge in [-0.05, 0) is 64.7 Å². The Kier molecular flexibility index (Phi) is 8.29. The Hall–Kier alpha value is -3.99. The summed E-state index contributed by atoms with van der Waals surface area (Å²) in [4.78, 5) is 34.4. The van der Waals surface area contributed by atoms with Crippen LogP contribution in [-0.2, 0) is 4.74 Å². The van der Waals surface area contributed by atoms with Crippen molar-refractivity contribution in [2.75, 3.05) is 41.7 Å². The van der Waals surface area contributed by atoms with E-state index in [1.807, 2.05) is 45.0 Å². The standard InChI is InChI=1S/C29H38N8O3/c1-29(2,3)40-28(39)37-14-12-36(13-15-37)27-16-20(8-9-32-27)24-17-22(33-21-4-6-23(38)7-5-21)18-25(34-24)35-26-19-30-10-11-31-26/h8-11,16-19,21,23,38H,4-7,12-15H2,1-3H3,(H2,31,33,34,35). The zero-order valence-electron chi connectivity index (χ0n) is 23.4. The van der Waals surface area contributed by atoms with E-state index in [-0.39, 0.29) is 18.2 Å². The van der Waals surface area contributed by atoms with Gasteiger partial charge < -0.3 is 30.3 Å². The Bertz CT molecular complexity index is 1280. The highest BCUT2D eigenvalue weighted by atomic mass is 16.6. The Morgan fingerprint density at radius 3 is 2.45 bits per heavy atom. The van der Waals surface area contributed by atoms with Crippen molar-refractivity contribution in [2.24, 2.45) is 0 Å². The molecule has 0 unspecified atom stereocenters. The van der Waals surface area contributed by atoms with E-state index in [1.165, 1.54) is 0 Å². The molecule has 1 saturated carbocycles. The minimum Gasteiger partial charge on any atom is -0.444 e. The van der Waals surface area contributed by atoms with E-state index in [2.05, 4.69) is 30.5 Å². The van der Waals surface area contributed by atoms with Crippen molar-refractivity contribution in [2.45, 2.75) is 64.2 Å². The van der Waals surface area contributed by atoms with Crippen LogP contribution < -0.4 is 15.5 Å². The third-order valence-corrected chi connectivity index (χ3v) is 7.01. The first-order chi connectivity index (χ1) is 19.2. The number of hydrogen-bond donors (Lipinski definition) is 3. The van der Waals surface area contributed by atoms with E-state index in [9.17, 15) is 9.90 Å². The fourth-order valence-corrected chi connectivity index (χ4v) is 4.97. The summed E-state index contributed by atoms with van der Waals surface area (Å²) in [5, 5.41) is 16.8. The van der Waals surface area contributed by atoms with Crippen LogP contribution in [0.2, 0.25) is 0 Å². The highest BCUT2D eigenvalue weighted by Gasteiger charge is 2.26. The highest BCUT2D eigenvalue weighted by Crippen LogP contribution is 2.30. The van der Waals surface area contributed by atoms with Crippen molar-refractivity contribution in [1.82, 2.24) is 24.8 Å². The number of nitrogens with one attached hydrogen (secondary N) is 2. The summed E-state index contributed by atoms with van der Waals surface area (Å²) in [7, 11) is 0. The second-order valence-electron chi connectivity index (χ2n) is 11.3. The second kappa shape index (κ2) is 12.0. The van der Waals surface area contributed by atoms with Gasteiger partial charge >= 0.3 is 6.09 Å². The van der Waals surface area contributed by atoms with E-state index in [0.717, 1.165) is 48.4 Å². The number of carbonyl (C=O) groups excluding carboxylic acids is 1. The van der Waals surface area contributed by atoms with Crippen LogP contribution in [0.3, 0.4) is 0 Å². The first kappa shape index (κ1) is 27.6. The normalized spacial score (nSPS) is 19.7. The maximum absolute atomic E-state index is 12.5. The molecule has 0 radical (unpaired) electrons. The number of hydrogen-bond acceptors (Lipinski definition) is 10. The van der Waals surface area contributed by atoms with Crippen molar-refractivity contribution in [3.8, 4) is 11.3 Å². The molecule has 2 aliphatic rings. The molecule has 0 spiro atoms. The van der Waals surface area contributed by atoms with Crippen molar-refractivity contribution >= 4 is 29.2 Å². The summed E-state index contributed by atoms with van der Waals surface area (Å²) in [6.07, 6.45) is 9.67. The van der Waals surface area contributed by atoms with Crippen LogP contribution in [0, 0.1) is 0 Å². The van der Waals surface area contributed by atoms with E-state index in [0.29, 0.717) is 37.8 Å². The van der Waals surface area contributed by atoms with Crippen molar-refractivity contribution in [3.63, 3.8) is 0 Å². The van der Waals surface area contributed by atoms with Gasteiger partial charge in [0.05, 0.1) is 18.0 Å². The summed E-state index contributed by atoms with van der Waals surface area (Å²) in [5.41, 5.74) is 2.16. The maximum Gasteiger partial charge on any atom is 0.410 e. The number of anilines is 4. The van der Waals surface area contributed by atoms with Crippen molar-refractivity contribution in [1.29, 1.82) is 0 Å². The van der Waals surface area contributed by atoms with Gasteiger partial charge in [0.2, 0.25) is 0 Å². The fraction of sp³-hybridized carbons (Fsp3) is 0.483. The number of aromatic nitrogens is 4. The molecule has 212 valence electrons. The summed E-state index contributed by atoms with van der Waals surface area (Å²) in [5.74, 6) is 2.10. The van der Waals surface area contributed by atoms with Crippen LogP contribution in [0.4, 0.5) is 27.9 Å². The Balaban J connectivity index is 1.34. The lowest BCUT2D eigenvalue weighted by atomic mass is 9.93. The molecule has 5 rings (SSSR count). The van der Waals surface area contributed by atoms with Crippen LogP contribution in [-0.4, -0.2) is 80.0 Å². The summed E-state index contributed by atoms with van der Waals surface area (Å²) < 4.78 is 5.53. The van der Waals surface area contributed by atoms with Gasteiger partial charge in [0.15, 0.2) is 0 Å². The van der Waals surface area contributed by atoms with Crippen molar-refractivity contribution < 1.29 is 14.6 Å². The molecule has 3 aromatic heterocycles. The number of amides is 1. The molecule has 0 aromatic carbocycles. The quantitative estimate of drug-likeness (QED) is 0.408. The summed E-state index contributed by atoms with van der Waals surface area (Å²) in [6, 6.07) is 8.30. The number of pyridine rings is 2. The Morgan fingerprint density at radius 1 is 0.975 bits per heavy atom. The third-order valence-electron chi connectivity index (χ3n) is 7.01. The van der Waals surface area contributed by atoms with Gasteiger partial charge in [-0.25, -0.2) is 19.7 Å². The third kappa shape index (κ3) is 7.35. The summed E-state index contributed by atoms with van der Waals surface area (Å²) in [6.45, 7) is 8.10. The van der Waals surface area contributed by atoms with Gasteiger partial charge in [-0.3, -0.25) is 4.98 Å². The predicted octanol–water partition coefficient (Wildman–Crippen LogP) is 4.45. The molecule has 0 atom stereocenters. The lowest BCUT2D eigenvalue weighted by Gasteiger charge is -2.36. The zero-order chi connectivity index (χ0) is 28.1. The minimum absolute atomic E-state index is 0.207. The number of ether oxygens (including phenoxy) is 1. The van der Waals surface area contributed by atoms with Gasteiger partial charge in [-0.15, -0.1) is 0 Å². The molecular weight excluding hydrogens is 508 g/mol. The average Bonchev–Trinajstić information content (AvgIpc) is 2.94. The topological polar surface area (TPSA) is 129 Å². The number of piperazine rings is 1. The summed E-state index contributed by atoms with van der Waals surface area (Å²) >= 11 is 0. The predicted molar refractivity (Wildman–Crippen MR) is 155 cm³/mol. The molecule has 1 amide bonds. The molecule has 11 nitrogen and oxygen atoms in total. The lowest BCUT2D eigenvalue weighted by Crippen LogP contribution is -2.50. The van der Waals surface area contributed by atoms with Crippen LogP contribution in [0.25, 0.3) is 11.3 Å². The minimum atomic E-state index is -0.514. The molecule has 1 aliphatic heterocycles. The molecule has 2 fully saturated rings. The molecule has 0 bridgehead atoms. The number of nitrogens with zero attached hydrogens (tertiary/aromatic N) is 6. The number of rotatable bonds is 6. The van der Waals surface area contributed by atoms with E-state index in [1.54, 1.807) is 29.7 Å². The zero-order valence-corrected chi connectivity index (χ0v) is 23.4. The average molecular weight is 547 g/mol. The van der Waals surface area contributed by atoms with Crippen molar-refractivity contribution in [3.05, 3.63) is 49.1 Å². The first-order valence-electron chi connectivity index (χ1n) is 13.9. The number of aliphatic hydroxyl groups excluding tert-OH is 1. The molecule has 3 N–H and O–H groups in total. The Labute approximate surface area is 235 Å². The molecule has 1 aliphatic carbocycles. The molecule has 1 saturated heterocycles. The van der Waals surface area contributed by atoms with E-state index < -0.39 is 5.60 Å². The number of aliphatic hydroxyl groups is 1. The number of carbonyl (C=O) groups is 1. The van der Waals surface area contributed by atoms with Gasteiger partial charge in [0.25, 0.3) is 0 Å². The monoisotopic (exact) mass is 546 g/mol. The molecule has 3 aromatic rings. The SMILES string of the molecule is CC(C)(C)OC(=O)N1CCN(c2cc(-c3cc(NC4CCC(O)CC4)cc(Nc4cnccn4)n3)ccn2)CC1. The van der Waals surface area contributed by atoms with E-state index >= 15 is 0 Å².